The molecule has 0 aromatic heterocycles. The molecule has 7 nitrogen and oxygen atoms in total. The van der Waals surface area contributed by atoms with E-state index in [9.17, 15) is 20.4 Å². The predicted molar refractivity (Wildman–Crippen MR) is 76.0 cm³/mol. The third-order valence-corrected chi connectivity index (χ3v) is 3.85. The van der Waals surface area contributed by atoms with E-state index in [1.807, 2.05) is 0 Å². The highest BCUT2D eigenvalue weighted by molar-refractivity contribution is 5.00. The molecule has 1 rings (SSSR count). The van der Waals surface area contributed by atoms with Gasteiger partial charge >= 0.3 is 0 Å². The van der Waals surface area contributed by atoms with E-state index >= 15 is 0 Å². The molecular weight excluding hydrogens is 278 g/mol. The molecule has 0 aromatic rings. The Morgan fingerprint density at radius 2 is 2.05 bits per heavy atom. The summed E-state index contributed by atoms with van der Waals surface area (Å²) in [6, 6.07) is -0.953. The van der Waals surface area contributed by atoms with Gasteiger partial charge in [-0.2, -0.15) is 0 Å². The van der Waals surface area contributed by atoms with Crippen LogP contribution in [0.5, 0.6) is 0 Å². The Kier molecular flexibility index (Phi) is 7.49. The van der Waals surface area contributed by atoms with Crippen LogP contribution >= 0.6 is 0 Å². The number of aliphatic hydroxyl groups is 5. The van der Waals surface area contributed by atoms with E-state index in [-0.39, 0.29) is 6.42 Å². The number of nitrogens with two attached hydrogens (primary N) is 1. The Morgan fingerprint density at radius 1 is 1.38 bits per heavy atom. The second-order valence-corrected chi connectivity index (χ2v) is 5.72. The van der Waals surface area contributed by atoms with Gasteiger partial charge in [0.25, 0.3) is 0 Å². The standard InChI is InChI=1S/C14H28NO6/c1-2-3-4-5-6-14(20)7-9(17)11(15)13(21-14)12(19)10(18)8-16/h6,9-13,16-20H,2-5,7-8,15H2,1H3/t9-,10+,11+,12+,13+,14+/m0/s1. The van der Waals surface area contributed by atoms with Gasteiger partial charge in [0.15, 0.2) is 5.79 Å². The van der Waals surface area contributed by atoms with Gasteiger partial charge < -0.3 is 36.0 Å². The quantitative estimate of drug-likeness (QED) is 0.305. The second kappa shape index (κ2) is 8.38. The molecule has 0 unspecified atom stereocenters. The van der Waals surface area contributed by atoms with Crippen molar-refractivity contribution in [2.75, 3.05) is 6.61 Å². The summed E-state index contributed by atoms with van der Waals surface area (Å²) in [6.07, 6.45) is -0.142. The lowest BCUT2D eigenvalue weighted by Gasteiger charge is -2.45. The first-order valence-corrected chi connectivity index (χ1v) is 7.50. The summed E-state index contributed by atoms with van der Waals surface area (Å²) in [5.41, 5.74) is 5.76. The number of hydrogen-bond acceptors (Lipinski definition) is 7. The molecule has 1 aliphatic rings. The van der Waals surface area contributed by atoms with Gasteiger partial charge in [0.1, 0.15) is 18.3 Å². The van der Waals surface area contributed by atoms with Crippen LogP contribution in [0.3, 0.4) is 0 Å². The fourth-order valence-corrected chi connectivity index (χ4v) is 2.49. The Hall–Kier alpha value is -0.280. The minimum Gasteiger partial charge on any atom is -0.394 e. The van der Waals surface area contributed by atoms with E-state index in [0.29, 0.717) is 6.42 Å². The molecule has 125 valence electrons. The molecule has 0 aromatic carbocycles. The smallest absolute Gasteiger partial charge is 0.171 e. The molecule has 1 saturated heterocycles. The van der Waals surface area contributed by atoms with Crippen molar-refractivity contribution in [3.8, 4) is 0 Å². The van der Waals surface area contributed by atoms with Crippen LogP contribution in [0.2, 0.25) is 0 Å². The van der Waals surface area contributed by atoms with Gasteiger partial charge in [-0.25, -0.2) is 0 Å². The first-order valence-electron chi connectivity index (χ1n) is 7.50. The van der Waals surface area contributed by atoms with Crippen molar-refractivity contribution in [3.63, 3.8) is 0 Å². The topological polar surface area (TPSA) is 136 Å². The van der Waals surface area contributed by atoms with Crippen molar-refractivity contribution in [2.45, 2.75) is 75.3 Å². The maximum Gasteiger partial charge on any atom is 0.171 e. The van der Waals surface area contributed by atoms with Gasteiger partial charge in [-0.3, -0.25) is 0 Å². The van der Waals surface area contributed by atoms with E-state index in [4.69, 9.17) is 15.6 Å². The van der Waals surface area contributed by atoms with Crippen LogP contribution in [0.25, 0.3) is 0 Å². The summed E-state index contributed by atoms with van der Waals surface area (Å²) in [5, 5.41) is 48.6. The summed E-state index contributed by atoms with van der Waals surface area (Å²) in [6.45, 7) is 1.40. The summed E-state index contributed by atoms with van der Waals surface area (Å²) >= 11 is 0. The van der Waals surface area contributed by atoms with Crippen LogP contribution in [0.1, 0.15) is 39.0 Å². The van der Waals surface area contributed by atoms with Gasteiger partial charge in [-0.05, 0) is 6.42 Å². The van der Waals surface area contributed by atoms with Crippen molar-refractivity contribution in [1.82, 2.24) is 0 Å². The van der Waals surface area contributed by atoms with E-state index in [2.05, 4.69) is 6.92 Å². The SMILES string of the molecule is CCCCC[CH][C@]1(O)C[C@H](O)[C@@H](N)[C@H]([C@H](O)[C@H](O)CO)O1. The van der Waals surface area contributed by atoms with Gasteiger partial charge in [-0.1, -0.05) is 26.2 Å². The fraction of sp³-hybridized carbons (Fsp3) is 0.929. The monoisotopic (exact) mass is 306 g/mol. The third kappa shape index (κ3) is 5.14. The van der Waals surface area contributed by atoms with Gasteiger partial charge in [0.05, 0.1) is 18.8 Å². The molecule has 1 aliphatic heterocycles. The molecule has 6 atom stereocenters. The Bertz CT molecular complexity index is 305. The van der Waals surface area contributed by atoms with E-state index in [0.717, 1.165) is 19.3 Å². The highest BCUT2D eigenvalue weighted by Gasteiger charge is 2.47. The molecule has 0 spiro atoms. The van der Waals surface area contributed by atoms with Crippen LogP contribution in [-0.2, 0) is 4.74 Å². The fourth-order valence-electron chi connectivity index (χ4n) is 2.49. The lowest BCUT2D eigenvalue weighted by atomic mass is 9.87. The zero-order chi connectivity index (χ0) is 16.0. The number of ether oxygens (including phenoxy) is 1. The average Bonchev–Trinajstić information content (AvgIpc) is 2.46. The minimum absolute atomic E-state index is 0.0846. The molecule has 1 heterocycles. The van der Waals surface area contributed by atoms with Crippen molar-refractivity contribution < 1.29 is 30.3 Å². The number of hydrogen-bond donors (Lipinski definition) is 6. The highest BCUT2D eigenvalue weighted by Crippen LogP contribution is 2.32. The van der Waals surface area contributed by atoms with Crippen molar-refractivity contribution in [1.29, 1.82) is 0 Å². The Morgan fingerprint density at radius 3 is 2.62 bits per heavy atom. The molecule has 0 bridgehead atoms. The lowest BCUT2D eigenvalue weighted by molar-refractivity contribution is -0.283. The van der Waals surface area contributed by atoms with Gasteiger partial charge in [0.2, 0.25) is 0 Å². The molecule has 0 aliphatic carbocycles. The normalized spacial score (nSPS) is 36.4. The zero-order valence-corrected chi connectivity index (χ0v) is 12.4. The first kappa shape index (κ1) is 18.8. The molecule has 0 saturated carbocycles. The molecule has 1 fully saturated rings. The summed E-state index contributed by atoms with van der Waals surface area (Å²) in [4.78, 5) is 0. The Balaban J connectivity index is 2.67. The number of rotatable bonds is 8. The molecule has 0 amide bonds. The van der Waals surface area contributed by atoms with Gasteiger partial charge in [0, 0.05) is 12.8 Å². The first-order chi connectivity index (χ1) is 9.84. The minimum atomic E-state index is -1.69. The van der Waals surface area contributed by atoms with Crippen LogP contribution in [0.4, 0.5) is 0 Å². The molecule has 1 radical (unpaired) electrons. The average molecular weight is 306 g/mol. The van der Waals surface area contributed by atoms with Crippen LogP contribution < -0.4 is 5.73 Å². The third-order valence-electron chi connectivity index (χ3n) is 3.85. The second-order valence-electron chi connectivity index (χ2n) is 5.72. The maximum absolute atomic E-state index is 10.4. The van der Waals surface area contributed by atoms with Crippen molar-refractivity contribution in [3.05, 3.63) is 6.42 Å². The molecule has 7 N–H and O–H groups in total. The van der Waals surface area contributed by atoms with Crippen molar-refractivity contribution in [2.24, 2.45) is 5.73 Å². The molecule has 21 heavy (non-hydrogen) atoms. The lowest BCUT2D eigenvalue weighted by Crippen LogP contribution is -2.63. The maximum atomic E-state index is 10.4. The Labute approximate surface area is 125 Å². The summed E-state index contributed by atoms with van der Waals surface area (Å²) in [7, 11) is 0. The number of unbranched alkanes of at least 4 members (excludes halogenated alkanes) is 3. The van der Waals surface area contributed by atoms with E-state index in [1.54, 1.807) is 6.42 Å². The predicted octanol–water partition coefficient (Wildman–Crippen LogP) is -1.35. The van der Waals surface area contributed by atoms with Gasteiger partial charge in [-0.15, -0.1) is 0 Å². The van der Waals surface area contributed by atoms with Crippen molar-refractivity contribution >= 4 is 0 Å². The largest absolute Gasteiger partial charge is 0.394 e. The highest BCUT2D eigenvalue weighted by atomic mass is 16.6. The summed E-state index contributed by atoms with van der Waals surface area (Å²) in [5.74, 6) is -1.69. The summed E-state index contributed by atoms with van der Waals surface area (Å²) < 4.78 is 5.42. The zero-order valence-electron chi connectivity index (χ0n) is 12.4. The number of aliphatic hydroxyl groups excluding tert-OH is 4. The van der Waals surface area contributed by atoms with E-state index in [1.165, 1.54) is 0 Å². The van der Waals surface area contributed by atoms with Crippen LogP contribution in [0.15, 0.2) is 0 Å². The van der Waals surface area contributed by atoms with Crippen LogP contribution in [0, 0.1) is 6.42 Å². The van der Waals surface area contributed by atoms with E-state index < -0.39 is 42.9 Å². The molecule has 7 heteroatoms. The van der Waals surface area contributed by atoms with Crippen LogP contribution in [-0.4, -0.2) is 68.4 Å². The molecular formula is C14H28NO6.